The molecular formula is C29H28O9. The van der Waals surface area contributed by atoms with Crippen molar-refractivity contribution in [3.8, 4) is 11.5 Å². The Hall–Kier alpha value is -3.53. The van der Waals surface area contributed by atoms with E-state index in [1.54, 1.807) is 32.0 Å². The second-order valence-electron chi connectivity index (χ2n) is 10.5. The van der Waals surface area contributed by atoms with E-state index in [1.807, 2.05) is 6.92 Å². The van der Waals surface area contributed by atoms with E-state index < -0.39 is 60.1 Å². The molecule has 2 aromatic rings. The molecule has 198 valence electrons. The molecule has 2 heterocycles. The number of hydrogen-bond donors (Lipinski definition) is 3. The number of aliphatic hydroxyl groups is 2. The predicted molar refractivity (Wildman–Crippen MR) is 133 cm³/mol. The molecule has 2 aliphatic heterocycles. The Morgan fingerprint density at radius 2 is 1.84 bits per heavy atom. The first kappa shape index (κ1) is 24.8. The molecule has 2 aromatic carbocycles. The van der Waals surface area contributed by atoms with Crippen LogP contribution in [0.25, 0.3) is 5.57 Å². The van der Waals surface area contributed by atoms with Crippen molar-refractivity contribution in [2.24, 2.45) is 11.8 Å². The van der Waals surface area contributed by atoms with Gasteiger partial charge in [0.2, 0.25) is 6.29 Å². The number of Topliss-reactive ketones (excluding diaryl/α,β-unsaturated/α-hetero) is 2. The zero-order chi connectivity index (χ0) is 27.0. The molecule has 3 N–H and O–H groups in total. The molecule has 0 radical (unpaired) electrons. The molecule has 38 heavy (non-hydrogen) atoms. The van der Waals surface area contributed by atoms with E-state index in [1.165, 1.54) is 12.1 Å². The fourth-order valence-electron chi connectivity index (χ4n) is 6.33. The van der Waals surface area contributed by atoms with Crippen molar-refractivity contribution in [2.45, 2.75) is 64.3 Å². The lowest BCUT2D eigenvalue weighted by atomic mass is 9.65. The molecule has 2 fully saturated rings. The quantitative estimate of drug-likeness (QED) is 0.521. The van der Waals surface area contributed by atoms with E-state index in [9.17, 15) is 29.7 Å². The summed E-state index contributed by atoms with van der Waals surface area (Å²) in [5.74, 6) is -2.77. The Balaban J connectivity index is 1.51. The van der Waals surface area contributed by atoms with E-state index in [2.05, 4.69) is 0 Å². The highest BCUT2D eigenvalue weighted by Gasteiger charge is 2.55. The normalized spacial score (nSPS) is 31.8. The molecule has 0 spiro atoms. The number of ketones is 2. The minimum atomic E-state index is -1.08. The van der Waals surface area contributed by atoms with Crippen LogP contribution in [0.15, 0.2) is 35.9 Å². The smallest absolute Gasteiger partial charge is 0.310 e. The lowest BCUT2D eigenvalue weighted by molar-refractivity contribution is -0.216. The lowest BCUT2D eigenvalue weighted by Crippen LogP contribution is -2.48. The Bertz CT molecular complexity index is 1410. The third-order valence-electron chi connectivity index (χ3n) is 8.10. The van der Waals surface area contributed by atoms with Gasteiger partial charge in [0.05, 0.1) is 23.7 Å². The molecule has 0 aromatic heterocycles. The summed E-state index contributed by atoms with van der Waals surface area (Å²) in [5, 5.41) is 31.2. The number of ether oxygens (including phenoxy) is 3. The average Bonchev–Trinajstić information content (AvgIpc) is 3.21. The summed E-state index contributed by atoms with van der Waals surface area (Å²) >= 11 is 0. The van der Waals surface area contributed by atoms with Crippen LogP contribution in [0.1, 0.15) is 70.2 Å². The summed E-state index contributed by atoms with van der Waals surface area (Å²) < 4.78 is 17.4. The molecule has 9 nitrogen and oxygen atoms in total. The fraction of sp³-hybridized carbons (Fsp3) is 0.414. The molecule has 7 atom stereocenters. The predicted octanol–water partition coefficient (Wildman–Crippen LogP) is 3.02. The monoisotopic (exact) mass is 520 g/mol. The van der Waals surface area contributed by atoms with Crippen LogP contribution in [0.5, 0.6) is 11.5 Å². The number of allylic oxidation sites excluding steroid dienone is 1. The summed E-state index contributed by atoms with van der Waals surface area (Å²) in [6, 6.07) is 7.96. The molecule has 7 unspecified atom stereocenters. The van der Waals surface area contributed by atoms with Gasteiger partial charge in [-0.05, 0) is 38.0 Å². The summed E-state index contributed by atoms with van der Waals surface area (Å²) in [5.41, 5.74) is 1.85. The van der Waals surface area contributed by atoms with E-state index in [4.69, 9.17) is 14.2 Å². The number of phenols is 1. The highest BCUT2D eigenvalue weighted by atomic mass is 16.7. The van der Waals surface area contributed by atoms with Gasteiger partial charge in [-0.2, -0.15) is 0 Å². The van der Waals surface area contributed by atoms with Gasteiger partial charge in [-0.1, -0.05) is 25.1 Å². The van der Waals surface area contributed by atoms with E-state index in [0.717, 1.165) is 5.56 Å². The van der Waals surface area contributed by atoms with Crippen LogP contribution in [0.2, 0.25) is 0 Å². The largest absolute Gasteiger partial charge is 0.507 e. The third-order valence-corrected chi connectivity index (χ3v) is 8.10. The van der Waals surface area contributed by atoms with E-state index in [0.29, 0.717) is 12.0 Å². The van der Waals surface area contributed by atoms with Gasteiger partial charge in [0.15, 0.2) is 11.6 Å². The number of phenolic OH excluding ortho intramolecular Hbond substituents is 1. The van der Waals surface area contributed by atoms with Crippen molar-refractivity contribution in [3.05, 3.63) is 63.7 Å². The maximum atomic E-state index is 14.3. The Morgan fingerprint density at radius 1 is 1.08 bits per heavy atom. The SMILES string of the molecule is CCC1C(=O)OC2c3cc(C)cc(O)c3C3=C(C(=O)c4c(OC5CC(O)C(O)C(C)O5)cccc4C3=O)C12. The first-order valence-electron chi connectivity index (χ1n) is 12.8. The zero-order valence-corrected chi connectivity index (χ0v) is 21.1. The number of carbonyl (C=O) groups is 3. The van der Waals surface area contributed by atoms with Gasteiger partial charge in [-0.25, -0.2) is 0 Å². The third kappa shape index (κ3) is 3.46. The van der Waals surface area contributed by atoms with Gasteiger partial charge >= 0.3 is 5.97 Å². The summed E-state index contributed by atoms with van der Waals surface area (Å²) in [7, 11) is 0. The second kappa shape index (κ2) is 8.76. The maximum Gasteiger partial charge on any atom is 0.310 e. The van der Waals surface area contributed by atoms with Crippen molar-refractivity contribution in [2.75, 3.05) is 0 Å². The van der Waals surface area contributed by atoms with Crippen LogP contribution in [0.4, 0.5) is 0 Å². The molecule has 6 rings (SSSR count). The number of aliphatic hydroxyl groups excluding tert-OH is 2. The number of aryl methyl sites for hydroxylation is 1. The first-order chi connectivity index (χ1) is 18.1. The van der Waals surface area contributed by atoms with Crippen molar-refractivity contribution in [3.63, 3.8) is 0 Å². The van der Waals surface area contributed by atoms with Crippen LogP contribution < -0.4 is 4.74 Å². The molecule has 9 heteroatoms. The number of fused-ring (bicyclic) bond motifs is 6. The molecular weight excluding hydrogens is 492 g/mol. The highest BCUT2D eigenvalue weighted by molar-refractivity contribution is 6.42. The number of esters is 1. The van der Waals surface area contributed by atoms with Crippen LogP contribution in [0.3, 0.4) is 0 Å². The minimum absolute atomic E-state index is 0.0309. The number of rotatable bonds is 3. The first-order valence-corrected chi connectivity index (χ1v) is 12.8. The number of benzene rings is 2. The summed E-state index contributed by atoms with van der Waals surface area (Å²) in [6.07, 6.45) is -4.25. The average molecular weight is 521 g/mol. The maximum absolute atomic E-state index is 14.3. The highest BCUT2D eigenvalue weighted by Crippen LogP contribution is 2.57. The summed E-state index contributed by atoms with van der Waals surface area (Å²) in [6.45, 7) is 5.23. The van der Waals surface area contributed by atoms with E-state index >= 15 is 0 Å². The van der Waals surface area contributed by atoms with Gasteiger partial charge in [0, 0.05) is 40.2 Å². The Morgan fingerprint density at radius 3 is 2.55 bits per heavy atom. The number of carbonyl (C=O) groups excluding carboxylic acids is 3. The van der Waals surface area contributed by atoms with Gasteiger partial charge < -0.3 is 29.5 Å². The fourth-order valence-corrected chi connectivity index (χ4v) is 6.33. The van der Waals surface area contributed by atoms with Crippen LogP contribution in [-0.4, -0.2) is 57.5 Å². The molecule has 2 saturated heterocycles. The Kier molecular flexibility index (Phi) is 5.71. The number of hydrogen-bond acceptors (Lipinski definition) is 9. The second-order valence-corrected chi connectivity index (χ2v) is 10.5. The van der Waals surface area contributed by atoms with Gasteiger partial charge in [-0.3, -0.25) is 14.4 Å². The summed E-state index contributed by atoms with van der Waals surface area (Å²) in [4.78, 5) is 41.2. The molecule has 0 saturated carbocycles. The molecule has 0 amide bonds. The zero-order valence-electron chi connectivity index (χ0n) is 21.1. The van der Waals surface area contributed by atoms with Gasteiger partial charge in [0.25, 0.3) is 0 Å². The number of aromatic hydroxyl groups is 1. The van der Waals surface area contributed by atoms with E-state index in [-0.39, 0.29) is 45.8 Å². The van der Waals surface area contributed by atoms with Crippen LogP contribution in [0, 0.1) is 18.8 Å². The molecule has 0 bridgehead atoms. The van der Waals surface area contributed by atoms with Gasteiger partial charge in [-0.15, -0.1) is 0 Å². The molecule has 2 aliphatic carbocycles. The standard InChI is InChI=1S/C29H28O9/c1-4-13-22-24-23(20-15(28(22)38-29(13)35)8-11(2)9-16(20)30)26(33)14-6-5-7-18(21(14)27(24)34)37-19-10-17(31)25(32)12(3)36-19/h5-9,12-13,17,19,22,25,28,30-32H,4,10H2,1-3H3. The van der Waals surface area contributed by atoms with Crippen molar-refractivity contribution >= 4 is 23.1 Å². The Labute approximate surface area is 218 Å². The molecule has 4 aliphatic rings. The van der Waals surface area contributed by atoms with Crippen molar-refractivity contribution in [1.82, 2.24) is 0 Å². The topological polar surface area (TPSA) is 140 Å². The van der Waals surface area contributed by atoms with Crippen LogP contribution in [-0.2, 0) is 14.3 Å². The van der Waals surface area contributed by atoms with Gasteiger partial charge in [0.1, 0.15) is 23.7 Å². The van der Waals surface area contributed by atoms with Crippen molar-refractivity contribution in [1.29, 1.82) is 0 Å². The van der Waals surface area contributed by atoms with Crippen molar-refractivity contribution < 1.29 is 43.9 Å². The lowest BCUT2D eigenvalue weighted by Gasteiger charge is -2.37. The van der Waals surface area contributed by atoms with Crippen LogP contribution >= 0.6 is 0 Å². The minimum Gasteiger partial charge on any atom is -0.507 e.